The maximum atomic E-state index is 12.1. The molecule has 116 valence electrons. The molecule has 0 fully saturated rings. The third kappa shape index (κ3) is 5.42. The largest absolute Gasteiger partial charge is 0.496 e. The van der Waals surface area contributed by atoms with Gasteiger partial charge in [-0.05, 0) is 6.07 Å². The van der Waals surface area contributed by atoms with E-state index in [1.807, 2.05) is 0 Å². The van der Waals surface area contributed by atoms with E-state index in [1.54, 1.807) is 24.3 Å². The first-order chi connectivity index (χ1) is 9.75. The van der Waals surface area contributed by atoms with Crippen LogP contribution >= 0.6 is 0 Å². The van der Waals surface area contributed by atoms with Gasteiger partial charge in [-0.15, -0.1) is 0 Å². The maximum Gasteiger partial charge on any atom is 0.327 e. The van der Waals surface area contributed by atoms with Crippen LogP contribution in [0.25, 0.3) is 0 Å². The number of carbonyl (C=O) groups is 2. The lowest BCUT2D eigenvalue weighted by molar-refractivity contribution is -0.140. The lowest BCUT2D eigenvalue weighted by Crippen LogP contribution is -2.44. The molecule has 0 saturated heterocycles. The Balaban J connectivity index is 2.90. The van der Waals surface area contributed by atoms with Crippen molar-refractivity contribution in [2.45, 2.75) is 18.7 Å². The molecule has 1 aromatic rings. The summed E-state index contributed by atoms with van der Waals surface area (Å²) < 4.78 is 29.2. The third-order valence-corrected chi connectivity index (χ3v) is 4.26. The summed E-state index contributed by atoms with van der Waals surface area (Å²) in [4.78, 5) is 21.9. The minimum Gasteiger partial charge on any atom is -0.496 e. The van der Waals surface area contributed by atoms with Crippen LogP contribution in [0.1, 0.15) is 12.5 Å². The Bertz CT molecular complexity index is 625. The molecule has 2 N–H and O–H groups in total. The van der Waals surface area contributed by atoms with Gasteiger partial charge >= 0.3 is 5.97 Å². The highest BCUT2D eigenvalue weighted by atomic mass is 32.2. The summed E-state index contributed by atoms with van der Waals surface area (Å²) in [6, 6.07) is 5.10. The quantitative estimate of drug-likeness (QED) is 0.744. The fourth-order valence-electron chi connectivity index (χ4n) is 1.79. The number of carbonyl (C=O) groups excluding carboxylic acids is 1. The Morgan fingerprint density at radius 1 is 1.33 bits per heavy atom. The summed E-state index contributed by atoms with van der Waals surface area (Å²) in [6.45, 7) is 1.13. The van der Waals surface area contributed by atoms with Crippen molar-refractivity contribution in [1.29, 1.82) is 0 Å². The van der Waals surface area contributed by atoms with Gasteiger partial charge in [0.1, 0.15) is 11.8 Å². The second-order valence-electron chi connectivity index (χ2n) is 4.46. The van der Waals surface area contributed by atoms with Crippen molar-refractivity contribution in [3.63, 3.8) is 0 Å². The standard InChI is InChI=1S/C13H17NO6S/c1-9(15)14-11(13(16)17)8-21(18,19)7-10-5-3-4-6-12(10)20-2/h3-6,11H,7-8H2,1-2H3,(H,14,15)(H,16,17)/t11-/m0/s1. The van der Waals surface area contributed by atoms with Crippen LogP contribution in [0.5, 0.6) is 5.75 Å². The van der Waals surface area contributed by atoms with E-state index in [-0.39, 0.29) is 5.75 Å². The molecule has 7 nitrogen and oxygen atoms in total. The van der Waals surface area contributed by atoms with Gasteiger partial charge in [-0.3, -0.25) is 4.79 Å². The van der Waals surface area contributed by atoms with Crippen molar-refractivity contribution in [1.82, 2.24) is 5.32 Å². The second-order valence-corrected chi connectivity index (χ2v) is 6.57. The van der Waals surface area contributed by atoms with Crippen LogP contribution in [-0.2, 0) is 25.2 Å². The molecule has 0 bridgehead atoms. The Morgan fingerprint density at radius 3 is 2.48 bits per heavy atom. The van der Waals surface area contributed by atoms with Crippen LogP contribution in [0.15, 0.2) is 24.3 Å². The molecule has 0 aliphatic carbocycles. The number of rotatable bonds is 7. The lowest BCUT2D eigenvalue weighted by atomic mass is 10.2. The van der Waals surface area contributed by atoms with Gasteiger partial charge < -0.3 is 15.2 Å². The number of methoxy groups -OCH3 is 1. The molecule has 0 saturated carbocycles. The number of benzene rings is 1. The number of ether oxygens (including phenoxy) is 1. The molecule has 0 aliphatic heterocycles. The smallest absolute Gasteiger partial charge is 0.327 e. The first-order valence-electron chi connectivity index (χ1n) is 6.07. The number of hydrogen-bond acceptors (Lipinski definition) is 5. The summed E-state index contributed by atoms with van der Waals surface area (Å²) in [6.07, 6.45) is 0. The summed E-state index contributed by atoms with van der Waals surface area (Å²) in [5.41, 5.74) is 0.437. The van der Waals surface area contributed by atoms with Crippen LogP contribution in [0.4, 0.5) is 0 Å². The van der Waals surface area contributed by atoms with Crippen LogP contribution in [-0.4, -0.2) is 44.3 Å². The molecule has 1 aromatic carbocycles. The van der Waals surface area contributed by atoms with Crippen LogP contribution in [0.2, 0.25) is 0 Å². The Morgan fingerprint density at radius 2 is 1.95 bits per heavy atom. The molecule has 0 aromatic heterocycles. The van der Waals surface area contributed by atoms with E-state index in [1.165, 1.54) is 7.11 Å². The number of sulfone groups is 1. The van der Waals surface area contributed by atoms with E-state index in [2.05, 4.69) is 5.32 Å². The van der Waals surface area contributed by atoms with Crippen molar-refractivity contribution in [2.24, 2.45) is 0 Å². The molecular weight excluding hydrogens is 298 g/mol. The van der Waals surface area contributed by atoms with Gasteiger partial charge in [0, 0.05) is 12.5 Å². The number of aliphatic carboxylic acids is 1. The van der Waals surface area contributed by atoms with Gasteiger partial charge in [0.05, 0.1) is 18.6 Å². The number of nitrogens with one attached hydrogen (secondary N) is 1. The van der Waals surface area contributed by atoms with Gasteiger partial charge in [-0.1, -0.05) is 18.2 Å². The van der Waals surface area contributed by atoms with Crippen LogP contribution in [0, 0.1) is 0 Å². The number of para-hydroxylation sites is 1. The molecule has 1 rings (SSSR count). The first kappa shape index (κ1) is 17.0. The molecule has 0 radical (unpaired) electrons. The minimum absolute atomic E-state index is 0.361. The van der Waals surface area contributed by atoms with Crippen LogP contribution < -0.4 is 10.1 Å². The molecule has 1 amide bonds. The van der Waals surface area contributed by atoms with E-state index >= 15 is 0 Å². The van der Waals surface area contributed by atoms with Crippen molar-refractivity contribution in [2.75, 3.05) is 12.9 Å². The fourth-order valence-corrected chi connectivity index (χ4v) is 3.36. The van der Waals surface area contributed by atoms with Crippen molar-refractivity contribution in [3.05, 3.63) is 29.8 Å². The summed E-state index contributed by atoms with van der Waals surface area (Å²) in [5, 5.41) is 11.0. The van der Waals surface area contributed by atoms with E-state index in [9.17, 15) is 18.0 Å². The number of amides is 1. The van der Waals surface area contributed by atoms with E-state index in [4.69, 9.17) is 9.84 Å². The Kier molecular flexibility index (Phi) is 5.71. The third-order valence-electron chi connectivity index (χ3n) is 2.66. The molecule has 1 atom stereocenters. The first-order valence-corrected chi connectivity index (χ1v) is 7.89. The summed E-state index contributed by atoms with van der Waals surface area (Å²) in [5.74, 6) is -2.63. The zero-order chi connectivity index (χ0) is 16.0. The Labute approximate surface area is 122 Å². The van der Waals surface area contributed by atoms with Gasteiger partial charge in [-0.25, -0.2) is 13.2 Å². The molecule has 8 heteroatoms. The highest BCUT2D eigenvalue weighted by Gasteiger charge is 2.26. The zero-order valence-corrected chi connectivity index (χ0v) is 12.5. The predicted octanol–water partition coefficient (Wildman–Crippen LogP) is 0.199. The highest BCUT2D eigenvalue weighted by Crippen LogP contribution is 2.20. The molecule has 0 aliphatic rings. The highest BCUT2D eigenvalue weighted by molar-refractivity contribution is 7.90. The van der Waals surface area contributed by atoms with E-state index in [0.717, 1.165) is 6.92 Å². The van der Waals surface area contributed by atoms with Crippen molar-refractivity contribution >= 4 is 21.7 Å². The number of carboxylic acid groups (broad SMARTS) is 1. The predicted molar refractivity (Wildman–Crippen MR) is 75.7 cm³/mol. The van der Waals surface area contributed by atoms with Gasteiger partial charge in [0.15, 0.2) is 9.84 Å². The normalized spacial score (nSPS) is 12.5. The SMILES string of the molecule is COc1ccccc1CS(=O)(=O)C[C@H](NC(C)=O)C(=O)O. The van der Waals surface area contributed by atoms with Gasteiger partial charge in [0.2, 0.25) is 5.91 Å². The monoisotopic (exact) mass is 315 g/mol. The average molecular weight is 315 g/mol. The maximum absolute atomic E-state index is 12.1. The molecule has 0 unspecified atom stereocenters. The average Bonchev–Trinajstić information content (AvgIpc) is 2.37. The summed E-state index contributed by atoms with van der Waals surface area (Å²) in [7, 11) is -2.31. The van der Waals surface area contributed by atoms with Gasteiger partial charge in [-0.2, -0.15) is 0 Å². The Hall–Kier alpha value is -2.09. The summed E-state index contributed by atoms with van der Waals surface area (Å²) >= 11 is 0. The lowest BCUT2D eigenvalue weighted by Gasteiger charge is -2.14. The van der Waals surface area contributed by atoms with Crippen LogP contribution in [0.3, 0.4) is 0 Å². The molecule has 21 heavy (non-hydrogen) atoms. The number of carboxylic acids is 1. The fraction of sp³-hybridized carbons (Fsp3) is 0.385. The van der Waals surface area contributed by atoms with Gasteiger partial charge in [0.25, 0.3) is 0 Å². The second kappa shape index (κ2) is 7.07. The molecule has 0 spiro atoms. The van der Waals surface area contributed by atoms with Crippen molar-refractivity contribution in [3.8, 4) is 5.75 Å². The van der Waals surface area contributed by atoms with E-state index < -0.39 is 33.5 Å². The molecule has 0 heterocycles. The van der Waals surface area contributed by atoms with Crippen molar-refractivity contribution < 1.29 is 27.9 Å². The number of hydrogen-bond donors (Lipinski definition) is 2. The minimum atomic E-state index is -3.73. The zero-order valence-electron chi connectivity index (χ0n) is 11.7. The topological polar surface area (TPSA) is 110 Å². The molecular formula is C13H17NO6S. The van der Waals surface area contributed by atoms with E-state index in [0.29, 0.717) is 11.3 Å².